The third-order valence-corrected chi connectivity index (χ3v) is 5.96. The molecule has 0 radical (unpaired) electrons. The lowest BCUT2D eigenvalue weighted by Crippen LogP contribution is -2.48. The van der Waals surface area contributed by atoms with Gasteiger partial charge in [0.05, 0.1) is 6.04 Å². The van der Waals surface area contributed by atoms with Crippen molar-refractivity contribution in [3.05, 3.63) is 0 Å². The molecule has 1 saturated heterocycles. The number of amides is 2. The summed E-state index contributed by atoms with van der Waals surface area (Å²) < 4.78 is 0. The molecule has 0 aromatic rings. The van der Waals surface area contributed by atoms with Gasteiger partial charge in [0.15, 0.2) is 5.17 Å². The average molecular weight is 383 g/mol. The highest BCUT2D eigenvalue weighted by atomic mass is 32.2. The van der Waals surface area contributed by atoms with E-state index in [1.54, 1.807) is 0 Å². The summed E-state index contributed by atoms with van der Waals surface area (Å²) in [6.45, 7) is 2.88. The molecule has 8 heteroatoms. The SMILES string of the molecule is CCCC[C@@H](NC(=O)C1CCCCC1)C(=O)C(=O)N/N=C1\SCCN1C. The van der Waals surface area contributed by atoms with Gasteiger partial charge in [-0.05, 0) is 19.3 Å². The minimum Gasteiger partial charge on any atom is -0.352 e. The van der Waals surface area contributed by atoms with Crippen molar-refractivity contribution in [1.82, 2.24) is 15.6 Å². The summed E-state index contributed by atoms with van der Waals surface area (Å²) in [5, 5.41) is 7.55. The summed E-state index contributed by atoms with van der Waals surface area (Å²) in [6, 6.07) is -0.765. The van der Waals surface area contributed by atoms with Crippen LogP contribution in [-0.4, -0.2) is 53.1 Å². The molecule has 1 heterocycles. The van der Waals surface area contributed by atoms with Crippen LogP contribution in [-0.2, 0) is 14.4 Å². The van der Waals surface area contributed by atoms with E-state index in [9.17, 15) is 14.4 Å². The van der Waals surface area contributed by atoms with Gasteiger partial charge >= 0.3 is 5.91 Å². The first-order valence-corrected chi connectivity index (χ1v) is 10.6. The van der Waals surface area contributed by atoms with Crippen molar-refractivity contribution < 1.29 is 14.4 Å². The predicted octanol–water partition coefficient (Wildman–Crippen LogP) is 1.88. The number of nitrogens with one attached hydrogen (secondary N) is 2. The van der Waals surface area contributed by atoms with Crippen LogP contribution in [0.15, 0.2) is 5.10 Å². The summed E-state index contributed by atoms with van der Waals surface area (Å²) in [5.41, 5.74) is 2.35. The number of nitrogens with zero attached hydrogens (tertiary/aromatic N) is 2. The number of hydrazone groups is 1. The quantitative estimate of drug-likeness (QED) is 0.494. The average Bonchev–Trinajstić information content (AvgIpc) is 3.08. The molecule has 0 bridgehead atoms. The number of carbonyl (C=O) groups excluding carboxylic acids is 3. The van der Waals surface area contributed by atoms with E-state index in [2.05, 4.69) is 15.8 Å². The van der Waals surface area contributed by atoms with E-state index in [4.69, 9.17) is 0 Å². The van der Waals surface area contributed by atoms with E-state index in [0.29, 0.717) is 11.6 Å². The fourth-order valence-electron chi connectivity index (χ4n) is 3.24. The number of rotatable bonds is 8. The topological polar surface area (TPSA) is 90.9 Å². The lowest BCUT2D eigenvalue weighted by atomic mass is 9.88. The molecule has 0 spiro atoms. The van der Waals surface area contributed by atoms with Crippen LogP contribution in [0.25, 0.3) is 0 Å². The number of unbranched alkanes of at least 4 members (excludes halogenated alkanes) is 1. The summed E-state index contributed by atoms with van der Waals surface area (Å²) in [7, 11) is 1.89. The van der Waals surface area contributed by atoms with Gasteiger partial charge in [-0.2, -0.15) is 0 Å². The van der Waals surface area contributed by atoms with E-state index in [-0.39, 0.29) is 11.8 Å². The Kier molecular flexibility index (Phi) is 8.41. The fraction of sp³-hybridized carbons (Fsp3) is 0.778. The van der Waals surface area contributed by atoms with Crippen LogP contribution in [0.5, 0.6) is 0 Å². The lowest BCUT2D eigenvalue weighted by Gasteiger charge is -2.24. The third kappa shape index (κ3) is 6.00. The first kappa shape index (κ1) is 20.7. The molecule has 0 unspecified atom stereocenters. The van der Waals surface area contributed by atoms with Crippen molar-refractivity contribution in [3.63, 3.8) is 0 Å². The maximum Gasteiger partial charge on any atom is 0.309 e. The van der Waals surface area contributed by atoms with Gasteiger partial charge in [0.25, 0.3) is 0 Å². The molecule has 7 nitrogen and oxygen atoms in total. The van der Waals surface area contributed by atoms with E-state index >= 15 is 0 Å². The van der Waals surface area contributed by atoms with Crippen molar-refractivity contribution in [3.8, 4) is 0 Å². The standard InChI is InChI=1S/C18H30N4O3S/c1-3-4-10-14(19-16(24)13-8-6-5-7-9-13)15(23)17(25)20-21-18-22(2)11-12-26-18/h13-14H,3-12H2,1-2H3,(H,19,24)(H,20,25)/b21-18-/t14-/m1/s1. The summed E-state index contributed by atoms with van der Waals surface area (Å²) in [5.74, 6) is -0.590. The Morgan fingerprint density at radius 2 is 2.00 bits per heavy atom. The zero-order valence-corrected chi connectivity index (χ0v) is 16.6. The van der Waals surface area contributed by atoms with Gasteiger partial charge < -0.3 is 10.2 Å². The Balaban J connectivity index is 1.93. The number of carbonyl (C=O) groups is 3. The predicted molar refractivity (Wildman–Crippen MR) is 104 cm³/mol. The van der Waals surface area contributed by atoms with Crippen LogP contribution in [0.4, 0.5) is 0 Å². The van der Waals surface area contributed by atoms with Crippen LogP contribution in [0.1, 0.15) is 58.3 Å². The van der Waals surface area contributed by atoms with Gasteiger partial charge in [0.2, 0.25) is 11.7 Å². The zero-order chi connectivity index (χ0) is 18.9. The molecule has 2 N–H and O–H groups in total. The maximum absolute atomic E-state index is 12.5. The zero-order valence-electron chi connectivity index (χ0n) is 15.8. The second-order valence-electron chi connectivity index (χ2n) is 7.01. The molecule has 26 heavy (non-hydrogen) atoms. The van der Waals surface area contributed by atoms with Crippen molar-refractivity contribution in [1.29, 1.82) is 0 Å². The highest BCUT2D eigenvalue weighted by Gasteiger charge is 2.30. The highest BCUT2D eigenvalue weighted by molar-refractivity contribution is 8.14. The second kappa shape index (κ2) is 10.5. The van der Waals surface area contributed by atoms with Gasteiger partial charge in [-0.15, -0.1) is 5.10 Å². The number of thioether (sulfide) groups is 1. The van der Waals surface area contributed by atoms with Crippen molar-refractivity contribution in [2.24, 2.45) is 11.0 Å². The first-order valence-electron chi connectivity index (χ1n) is 9.59. The third-order valence-electron chi connectivity index (χ3n) is 4.92. The summed E-state index contributed by atoms with van der Waals surface area (Å²) in [4.78, 5) is 39.2. The molecule has 1 aliphatic carbocycles. The molecule has 2 aliphatic rings. The molecule has 1 saturated carbocycles. The van der Waals surface area contributed by atoms with Crippen molar-refractivity contribution in [2.75, 3.05) is 19.3 Å². The highest BCUT2D eigenvalue weighted by Crippen LogP contribution is 2.24. The molecule has 2 fully saturated rings. The Morgan fingerprint density at radius 1 is 1.27 bits per heavy atom. The van der Waals surface area contributed by atoms with Crippen molar-refractivity contribution >= 4 is 34.5 Å². The molecular weight excluding hydrogens is 352 g/mol. The van der Waals surface area contributed by atoms with Crippen LogP contribution in [0.3, 0.4) is 0 Å². The molecule has 1 aliphatic heterocycles. The Morgan fingerprint density at radius 3 is 2.62 bits per heavy atom. The van der Waals surface area contributed by atoms with Gasteiger partial charge in [-0.25, -0.2) is 5.43 Å². The van der Waals surface area contributed by atoms with Crippen LogP contribution in [0.2, 0.25) is 0 Å². The molecular formula is C18H30N4O3S. The largest absolute Gasteiger partial charge is 0.352 e. The van der Waals surface area contributed by atoms with Crippen LogP contribution in [0, 0.1) is 5.92 Å². The van der Waals surface area contributed by atoms with E-state index in [1.807, 2.05) is 18.9 Å². The summed E-state index contributed by atoms with van der Waals surface area (Å²) in [6.07, 6.45) is 7.15. The van der Waals surface area contributed by atoms with E-state index in [1.165, 1.54) is 11.8 Å². The van der Waals surface area contributed by atoms with E-state index < -0.39 is 17.7 Å². The van der Waals surface area contributed by atoms with Gasteiger partial charge in [-0.3, -0.25) is 14.4 Å². The fourth-order valence-corrected chi connectivity index (χ4v) is 4.21. The Bertz CT molecular complexity index is 547. The number of Topliss-reactive ketones (excluding diaryl/α,β-unsaturated/α-hetero) is 1. The molecule has 0 aromatic carbocycles. The Hall–Kier alpha value is -1.57. The number of ketones is 1. The second-order valence-corrected chi connectivity index (χ2v) is 8.07. The molecule has 2 amide bonds. The van der Waals surface area contributed by atoms with E-state index in [0.717, 1.165) is 57.2 Å². The minimum atomic E-state index is -0.765. The monoisotopic (exact) mass is 382 g/mol. The smallest absolute Gasteiger partial charge is 0.309 e. The normalized spacial score (nSPS) is 20.8. The first-order chi connectivity index (χ1) is 12.5. The number of hydrogen-bond donors (Lipinski definition) is 2. The minimum absolute atomic E-state index is 0.0347. The Labute approximate surface area is 159 Å². The van der Waals surface area contributed by atoms with Gasteiger partial charge in [0, 0.05) is 25.3 Å². The summed E-state index contributed by atoms with van der Waals surface area (Å²) >= 11 is 1.54. The number of hydrogen-bond acceptors (Lipinski definition) is 5. The number of amidine groups is 1. The van der Waals surface area contributed by atoms with Crippen molar-refractivity contribution in [2.45, 2.75) is 64.3 Å². The molecule has 2 rings (SSSR count). The molecule has 1 atom stereocenters. The van der Waals surface area contributed by atoms with Gasteiger partial charge in [-0.1, -0.05) is 50.8 Å². The van der Waals surface area contributed by atoms with Gasteiger partial charge in [0.1, 0.15) is 0 Å². The van der Waals surface area contributed by atoms with Crippen LogP contribution >= 0.6 is 11.8 Å². The molecule has 0 aromatic heterocycles. The maximum atomic E-state index is 12.5. The van der Waals surface area contributed by atoms with Crippen LogP contribution < -0.4 is 10.7 Å². The molecule has 146 valence electrons. The lowest BCUT2D eigenvalue weighted by molar-refractivity contribution is -0.140.